The van der Waals surface area contributed by atoms with Gasteiger partial charge >= 0.3 is 5.97 Å². The molecule has 0 aromatic heterocycles. The minimum atomic E-state index is -0.793. The van der Waals surface area contributed by atoms with Gasteiger partial charge in [-0.05, 0) is 44.6 Å². The maximum Gasteiger partial charge on any atom is 0.303 e. The summed E-state index contributed by atoms with van der Waals surface area (Å²) in [6.45, 7) is 6.67. The highest BCUT2D eigenvalue weighted by atomic mass is 16.4. The van der Waals surface area contributed by atoms with Crippen LogP contribution in [0.3, 0.4) is 0 Å². The predicted octanol–water partition coefficient (Wildman–Crippen LogP) is 1.76. The maximum atomic E-state index is 11.8. The monoisotopic (exact) mass is 272 g/mol. The number of carboxylic acid groups (broad SMARTS) is 1. The smallest absolute Gasteiger partial charge is 0.303 e. The van der Waals surface area contributed by atoms with Crippen LogP contribution in [0.2, 0.25) is 0 Å². The van der Waals surface area contributed by atoms with Gasteiger partial charge < -0.3 is 16.2 Å². The molecule has 0 rings (SSSR count). The molecule has 0 aliphatic carbocycles. The number of nitrogens with two attached hydrogens (primary N) is 1. The number of carbonyl (C=O) groups is 2. The van der Waals surface area contributed by atoms with Crippen LogP contribution in [0.25, 0.3) is 0 Å². The first-order chi connectivity index (χ1) is 8.85. The Balaban J connectivity index is 3.91. The Hall–Kier alpha value is -1.10. The Kier molecular flexibility index (Phi) is 9.21. The SMILES string of the molecule is CC(C)C[C@H](CN)CC(=O)NC(C)CCCC(=O)O. The maximum absolute atomic E-state index is 11.8. The number of rotatable bonds is 10. The number of aliphatic carboxylic acids is 1. The molecular weight excluding hydrogens is 244 g/mol. The molecule has 0 fully saturated rings. The van der Waals surface area contributed by atoms with Gasteiger partial charge in [0, 0.05) is 18.9 Å². The normalized spacial score (nSPS) is 14.2. The molecule has 19 heavy (non-hydrogen) atoms. The van der Waals surface area contributed by atoms with Gasteiger partial charge in [-0.15, -0.1) is 0 Å². The van der Waals surface area contributed by atoms with E-state index in [1.54, 1.807) is 0 Å². The van der Waals surface area contributed by atoms with Gasteiger partial charge in [0.2, 0.25) is 5.91 Å². The van der Waals surface area contributed by atoms with Crippen molar-refractivity contribution in [3.05, 3.63) is 0 Å². The van der Waals surface area contributed by atoms with Gasteiger partial charge in [-0.25, -0.2) is 0 Å². The molecule has 0 radical (unpaired) electrons. The topological polar surface area (TPSA) is 92.4 Å². The second kappa shape index (κ2) is 9.78. The number of hydrogen-bond donors (Lipinski definition) is 3. The third kappa shape index (κ3) is 10.5. The van der Waals surface area contributed by atoms with Crippen LogP contribution in [-0.2, 0) is 9.59 Å². The van der Waals surface area contributed by atoms with E-state index in [1.165, 1.54) is 0 Å². The number of carbonyl (C=O) groups excluding carboxylic acids is 1. The van der Waals surface area contributed by atoms with Gasteiger partial charge in [-0.3, -0.25) is 9.59 Å². The molecule has 4 N–H and O–H groups in total. The summed E-state index contributed by atoms with van der Waals surface area (Å²) in [6, 6.07) is 0.0179. The lowest BCUT2D eigenvalue weighted by Crippen LogP contribution is -2.35. The van der Waals surface area contributed by atoms with E-state index >= 15 is 0 Å². The molecule has 112 valence electrons. The summed E-state index contributed by atoms with van der Waals surface area (Å²) in [7, 11) is 0. The van der Waals surface area contributed by atoms with Crippen molar-refractivity contribution in [2.45, 2.75) is 58.9 Å². The predicted molar refractivity (Wildman–Crippen MR) is 75.7 cm³/mol. The van der Waals surface area contributed by atoms with Gasteiger partial charge in [-0.1, -0.05) is 13.8 Å². The van der Waals surface area contributed by atoms with Gasteiger partial charge in [-0.2, -0.15) is 0 Å². The van der Waals surface area contributed by atoms with Gasteiger partial charge in [0.1, 0.15) is 0 Å². The Morgan fingerprint density at radius 1 is 1.26 bits per heavy atom. The fourth-order valence-corrected chi connectivity index (χ4v) is 2.16. The van der Waals surface area contributed by atoms with E-state index in [0.29, 0.717) is 31.7 Å². The second-order valence-electron chi connectivity index (χ2n) is 5.69. The summed E-state index contributed by atoms with van der Waals surface area (Å²) in [5.74, 6) is -0.0156. The standard InChI is InChI=1S/C14H28N2O3/c1-10(2)7-12(9-15)8-13(17)16-11(3)5-4-6-14(18)19/h10-12H,4-9,15H2,1-3H3,(H,16,17)(H,18,19)/t11?,12-/m0/s1. The summed E-state index contributed by atoms with van der Waals surface area (Å²) in [4.78, 5) is 22.2. The van der Waals surface area contributed by atoms with E-state index in [2.05, 4.69) is 19.2 Å². The van der Waals surface area contributed by atoms with Crippen LogP contribution in [0.1, 0.15) is 52.9 Å². The van der Waals surface area contributed by atoms with Crippen LogP contribution in [0.15, 0.2) is 0 Å². The molecule has 1 unspecified atom stereocenters. The Morgan fingerprint density at radius 3 is 2.37 bits per heavy atom. The van der Waals surface area contributed by atoms with Crippen LogP contribution in [0.5, 0.6) is 0 Å². The zero-order valence-electron chi connectivity index (χ0n) is 12.3. The fourth-order valence-electron chi connectivity index (χ4n) is 2.16. The summed E-state index contributed by atoms with van der Waals surface area (Å²) < 4.78 is 0. The molecular formula is C14H28N2O3. The van der Waals surface area contributed by atoms with Crippen LogP contribution in [0.4, 0.5) is 0 Å². The molecule has 0 aromatic rings. The van der Waals surface area contributed by atoms with Crippen molar-refractivity contribution in [2.24, 2.45) is 17.6 Å². The van der Waals surface area contributed by atoms with E-state index < -0.39 is 5.97 Å². The van der Waals surface area contributed by atoms with Crippen LogP contribution >= 0.6 is 0 Å². The van der Waals surface area contributed by atoms with Crippen molar-refractivity contribution in [1.29, 1.82) is 0 Å². The average molecular weight is 272 g/mol. The molecule has 0 aliphatic rings. The van der Waals surface area contributed by atoms with E-state index in [1.807, 2.05) is 6.92 Å². The molecule has 0 aromatic carbocycles. The number of amides is 1. The van der Waals surface area contributed by atoms with Crippen LogP contribution < -0.4 is 11.1 Å². The van der Waals surface area contributed by atoms with Gasteiger partial charge in [0.15, 0.2) is 0 Å². The Bertz CT molecular complexity index is 280. The zero-order valence-corrected chi connectivity index (χ0v) is 12.3. The van der Waals surface area contributed by atoms with E-state index in [4.69, 9.17) is 10.8 Å². The van der Waals surface area contributed by atoms with Crippen LogP contribution in [-0.4, -0.2) is 29.6 Å². The number of nitrogens with one attached hydrogen (secondary N) is 1. The Labute approximate surface area is 115 Å². The average Bonchev–Trinajstić information content (AvgIpc) is 2.26. The van der Waals surface area contributed by atoms with Gasteiger partial charge in [0.05, 0.1) is 0 Å². The van der Waals surface area contributed by atoms with Crippen molar-refractivity contribution < 1.29 is 14.7 Å². The van der Waals surface area contributed by atoms with E-state index in [0.717, 1.165) is 6.42 Å². The number of carboxylic acids is 1. The highest BCUT2D eigenvalue weighted by molar-refractivity contribution is 5.76. The minimum Gasteiger partial charge on any atom is -0.481 e. The van der Waals surface area contributed by atoms with Crippen LogP contribution in [0, 0.1) is 11.8 Å². The molecule has 0 heterocycles. The molecule has 0 aliphatic heterocycles. The first kappa shape index (κ1) is 17.9. The molecule has 2 atom stereocenters. The summed E-state index contributed by atoms with van der Waals surface area (Å²) >= 11 is 0. The first-order valence-electron chi connectivity index (χ1n) is 7.06. The molecule has 0 saturated heterocycles. The summed E-state index contributed by atoms with van der Waals surface area (Å²) in [6.07, 6.45) is 2.84. The lowest BCUT2D eigenvalue weighted by atomic mass is 9.94. The molecule has 1 amide bonds. The summed E-state index contributed by atoms with van der Waals surface area (Å²) in [5.41, 5.74) is 5.67. The highest BCUT2D eigenvalue weighted by Crippen LogP contribution is 2.14. The Morgan fingerprint density at radius 2 is 1.89 bits per heavy atom. The lowest BCUT2D eigenvalue weighted by Gasteiger charge is -2.19. The van der Waals surface area contributed by atoms with E-state index in [9.17, 15) is 9.59 Å². The second-order valence-corrected chi connectivity index (χ2v) is 5.69. The quantitative estimate of drug-likeness (QED) is 0.565. The first-order valence-corrected chi connectivity index (χ1v) is 7.06. The highest BCUT2D eigenvalue weighted by Gasteiger charge is 2.15. The lowest BCUT2D eigenvalue weighted by molar-refractivity contribution is -0.137. The van der Waals surface area contributed by atoms with Crippen molar-refractivity contribution in [1.82, 2.24) is 5.32 Å². The molecule has 0 saturated carbocycles. The van der Waals surface area contributed by atoms with Crippen molar-refractivity contribution >= 4 is 11.9 Å². The molecule has 5 nitrogen and oxygen atoms in total. The van der Waals surface area contributed by atoms with Crippen molar-refractivity contribution in [2.75, 3.05) is 6.54 Å². The van der Waals surface area contributed by atoms with Crippen molar-refractivity contribution in [3.8, 4) is 0 Å². The molecule has 5 heteroatoms. The minimum absolute atomic E-state index is 0.0129. The van der Waals surface area contributed by atoms with Gasteiger partial charge in [0.25, 0.3) is 0 Å². The third-order valence-electron chi connectivity index (χ3n) is 3.05. The molecule has 0 spiro atoms. The number of hydrogen-bond acceptors (Lipinski definition) is 3. The summed E-state index contributed by atoms with van der Waals surface area (Å²) in [5, 5.41) is 11.4. The molecule has 0 bridgehead atoms. The largest absolute Gasteiger partial charge is 0.481 e. The third-order valence-corrected chi connectivity index (χ3v) is 3.05. The van der Waals surface area contributed by atoms with Crippen molar-refractivity contribution in [3.63, 3.8) is 0 Å². The fraction of sp³-hybridized carbons (Fsp3) is 0.857. The zero-order chi connectivity index (χ0) is 14.8. The van der Waals surface area contributed by atoms with E-state index in [-0.39, 0.29) is 24.3 Å².